The Morgan fingerprint density at radius 3 is 2.86 bits per heavy atom. The fourth-order valence-corrected chi connectivity index (χ4v) is 2.55. The number of benzene rings is 1. The molecule has 1 atom stereocenters. The van der Waals surface area contributed by atoms with E-state index in [2.05, 4.69) is 36.4 Å². The largest absolute Gasteiger partial charge is 0.493 e. The van der Waals surface area contributed by atoms with Crippen molar-refractivity contribution in [2.24, 2.45) is 0 Å². The Morgan fingerprint density at radius 1 is 1.43 bits per heavy atom. The fraction of sp³-hybridized carbons (Fsp3) is 0.429. The van der Waals surface area contributed by atoms with Gasteiger partial charge in [-0.2, -0.15) is 5.10 Å². The summed E-state index contributed by atoms with van der Waals surface area (Å²) in [5.41, 5.74) is 1.09. The van der Waals surface area contributed by atoms with E-state index in [0.29, 0.717) is 13.2 Å². The van der Waals surface area contributed by atoms with Gasteiger partial charge in [-0.15, -0.1) is 0 Å². The van der Waals surface area contributed by atoms with Crippen LogP contribution in [0, 0.1) is 0 Å². The van der Waals surface area contributed by atoms with Crippen LogP contribution in [0.1, 0.15) is 31.3 Å². The maximum absolute atomic E-state index is 5.58. The van der Waals surface area contributed by atoms with Crippen molar-refractivity contribution in [3.8, 4) is 11.5 Å². The van der Waals surface area contributed by atoms with Crippen LogP contribution in [0.4, 0.5) is 0 Å². The molecule has 1 unspecified atom stereocenters. The lowest BCUT2D eigenvalue weighted by atomic mass is 10.2. The Labute approximate surface area is 132 Å². The molecule has 0 aliphatic carbocycles. The molecule has 1 aromatic carbocycles. The van der Waals surface area contributed by atoms with Crippen molar-refractivity contribution in [2.45, 2.75) is 26.4 Å². The molecule has 114 valence electrons. The van der Waals surface area contributed by atoms with Crippen molar-refractivity contribution in [3.63, 3.8) is 0 Å². The molecule has 0 aliphatic rings. The highest BCUT2D eigenvalue weighted by Crippen LogP contribution is 2.36. The molecule has 21 heavy (non-hydrogen) atoms. The summed E-state index contributed by atoms with van der Waals surface area (Å²) < 4.78 is 11.9. The first kappa shape index (κ1) is 15.8. The van der Waals surface area contributed by atoms with Crippen molar-refractivity contribution in [1.29, 1.82) is 0 Å². The zero-order valence-corrected chi connectivity index (χ0v) is 13.9. The second-order valence-corrected chi connectivity index (χ2v) is 5.37. The molecule has 0 fully saturated rings. The zero-order chi connectivity index (χ0) is 15.2. The minimum atomic E-state index is 0.0869. The van der Waals surface area contributed by atoms with Gasteiger partial charge in [-0.3, -0.25) is 5.10 Å². The average molecular weight is 355 g/mol. The summed E-state index contributed by atoms with van der Waals surface area (Å²) in [6, 6.07) is 4.08. The maximum Gasteiger partial charge on any atom is 0.175 e. The highest BCUT2D eigenvalue weighted by atomic mass is 79.9. The summed E-state index contributed by atoms with van der Waals surface area (Å²) in [7, 11) is 1.64. The predicted molar refractivity (Wildman–Crippen MR) is 83.5 cm³/mol. The molecule has 2 aromatic rings. The van der Waals surface area contributed by atoms with Gasteiger partial charge in [0.05, 0.1) is 24.2 Å². The van der Waals surface area contributed by atoms with E-state index in [9.17, 15) is 0 Å². The minimum absolute atomic E-state index is 0.0869. The van der Waals surface area contributed by atoms with Gasteiger partial charge in [0.2, 0.25) is 0 Å². The van der Waals surface area contributed by atoms with Crippen LogP contribution in [-0.4, -0.2) is 28.9 Å². The molecule has 1 heterocycles. The van der Waals surface area contributed by atoms with Crippen molar-refractivity contribution in [3.05, 3.63) is 34.3 Å². The van der Waals surface area contributed by atoms with E-state index in [1.54, 1.807) is 7.11 Å². The van der Waals surface area contributed by atoms with Crippen LogP contribution in [0.5, 0.6) is 11.5 Å². The minimum Gasteiger partial charge on any atom is -0.493 e. The molecule has 2 N–H and O–H groups in total. The van der Waals surface area contributed by atoms with Crippen molar-refractivity contribution in [1.82, 2.24) is 20.5 Å². The van der Waals surface area contributed by atoms with Crippen molar-refractivity contribution in [2.75, 3.05) is 13.7 Å². The van der Waals surface area contributed by atoms with Gasteiger partial charge in [0.25, 0.3) is 0 Å². The van der Waals surface area contributed by atoms with Gasteiger partial charge in [0.1, 0.15) is 12.2 Å². The molecule has 0 spiro atoms. The summed E-state index contributed by atoms with van der Waals surface area (Å²) in [6.07, 6.45) is 1.50. The quantitative estimate of drug-likeness (QED) is 0.799. The second kappa shape index (κ2) is 7.42. The molecule has 0 bridgehead atoms. The molecular weight excluding hydrogens is 336 g/mol. The van der Waals surface area contributed by atoms with E-state index >= 15 is 0 Å². The number of aromatic nitrogens is 3. The van der Waals surface area contributed by atoms with Gasteiger partial charge in [-0.05, 0) is 47.5 Å². The molecular formula is C14H19BrN4O2. The molecule has 0 saturated carbocycles. The second-order valence-electron chi connectivity index (χ2n) is 4.52. The van der Waals surface area contributed by atoms with E-state index in [0.717, 1.165) is 27.4 Å². The zero-order valence-electron chi connectivity index (χ0n) is 12.3. The predicted octanol–water partition coefficient (Wildman–Crippen LogP) is 2.83. The van der Waals surface area contributed by atoms with Gasteiger partial charge in [0.15, 0.2) is 11.5 Å². The maximum atomic E-state index is 5.58. The summed E-state index contributed by atoms with van der Waals surface area (Å²) in [4.78, 5) is 4.14. The number of nitrogens with zero attached hydrogens (tertiary/aromatic N) is 2. The SMILES string of the molecule is CCOc1c(Br)cc(CNC(C)c2ncn[nH]2)cc1OC. The number of hydrogen-bond acceptors (Lipinski definition) is 5. The van der Waals surface area contributed by atoms with Crippen LogP contribution >= 0.6 is 15.9 Å². The molecule has 2 rings (SSSR count). The number of ether oxygens (including phenoxy) is 2. The summed E-state index contributed by atoms with van der Waals surface area (Å²) in [6.45, 7) is 5.25. The van der Waals surface area contributed by atoms with Gasteiger partial charge in [0, 0.05) is 6.54 Å². The van der Waals surface area contributed by atoms with E-state index in [4.69, 9.17) is 9.47 Å². The first-order valence-corrected chi connectivity index (χ1v) is 7.52. The van der Waals surface area contributed by atoms with Gasteiger partial charge >= 0.3 is 0 Å². The lowest BCUT2D eigenvalue weighted by Gasteiger charge is -2.15. The lowest BCUT2D eigenvalue weighted by molar-refractivity contribution is 0.308. The summed E-state index contributed by atoms with van der Waals surface area (Å²) in [5.74, 6) is 2.26. The van der Waals surface area contributed by atoms with Gasteiger partial charge in [-0.1, -0.05) is 0 Å². The molecule has 0 saturated heterocycles. The molecule has 0 aliphatic heterocycles. The summed E-state index contributed by atoms with van der Waals surface area (Å²) in [5, 5.41) is 10.1. The van der Waals surface area contributed by atoms with Crippen molar-refractivity contribution < 1.29 is 9.47 Å². The number of aromatic amines is 1. The van der Waals surface area contributed by atoms with Crippen LogP contribution in [0.3, 0.4) is 0 Å². The fourth-order valence-electron chi connectivity index (χ4n) is 1.95. The third kappa shape index (κ3) is 3.95. The van der Waals surface area contributed by atoms with Gasteiger partial charge < -0.3 is 14.8 Å². The lowest BCUT2D eigenvalue weighted by Crippen LogP contribution is -2.19. The highest BCUT2D eigenvalue weighted by molar-refractivity contribution is 9.10. The third-order valence-corrected chi connectivity index (χ3v) is 3.62. The Morgan fingerprint density at radius 2 is 2.24 bits per heavy atom. The summed E-state index contributed by atoms with van der Waals surface area (Å²) >= 11 is 3.52. The molecule has 7 heteroatoms. The van der Waals surface area contributed by atoms with Crippen LogP contribution in [0.25, 0.3) is 0 Å². The van der Waals surface area contributed by atoms with Gasteiger partial charge in [-0.25, -0.2) is 4.98 Å². The molecule has 1 aromatic heterocycles. The average Bonchev–Trinajstić information content (AvgIpc) is 3.01. The Hall–Kier alpha value is -1.60. The standard InChI is InChI=1S/C14H19BrN4O2/c1-4-21-13-11(15)5-10(6-12(13)20-3)7-16-9(2)14-17-8-18-19-14/h5-6,8-9,16H,4,7H2,1-3H3,(H,17,18,19). The normalized spacial score (nSPS) is 12.2. The van der Waals surface area contributed by atoms with Crippen LogP contribution in [0.15, 0.2) is 22.9 Å². The van der Waals surface area contributed by atoms with Crippen LogP contribution < -0.4 is 14.8 Å². The number of methoxy groups -OCH3 is 1. The number of nitrogens with one attached hydrogen (secondary N) is 2. The van der Waals surface area contributed by atoms with E-state index in [1.165, 1.54) is 6.33 Å². The molecule has 0 radical (unpaired) electrons. The van der Waals surface area contributed by atoms with Crippen molar-refractivity contribution >= 4 is 15.9 Å². The molecule has 6 nitrogen and oxygen atoms in total. The Balaban J connectivity index is 2.08. The smallest absolute Gasteiger partial charge is 0.175 e. The van der Waals surface area contributed by atoms with E-state index < -0.39 is 0 Å². The number of hydrogen-bond donors (Lipinski definition) is 2. The van der Waals surface area contributed by atoms with E-state index in [1.807, 2.05) is 26.0 Å². The number of halogens is 1. The first-order chi connectivity index (χ1) is 10.2. The third-order valence-electron chi connectivity index (χ3n) is 3.03. The highest BCUT2D eigenvalue weighted by Gasteiger charge is 2.13. The number of rotatable bonds is 7. The molecule has 0 amide bonds. The van der Waals surface area contributed by atoms with E-state index in [-0.39, 0.29) is 6.04 Å². The first-order valence-electron chi connectivity index (χ1n) is 6.73. The Bertz CT molecular complexity index is 575. The van der Waals surface area contributed by atoms with Crippen LogP contribution in [0.2, 0.25) is 0 Å². The van der Waals surface area contributed by atoms with Crippen LogP contribution in [-0.2, 0) is 6.54 Å². The number of H-pyrrole nitrogens is 1. The topological polar surface area (TPSA) is 72.1 Å². The monoisotopic (exact) mass is 354 g/mol. The Kier molecular flexibility index (Phi) is 5.58.